The van der Waals surface area contributed by atoms with Gasteiger partial charge in [0.15, 0.2) is 11.6 Å². The van der Waals surface area contributed by atoms with E-state index in [1.165, 1.54) is 13.2 Å². The van der Waals surface area contributed by atoms with Gasteiger partial charge < -0.3 is 15.0 Å². The van der Waals surface area contributed by atoms with Crippen LogP contribution in [0.4, 0.5) is 14.9 Å². The molecule has 0 aliphatic carbocycles. The second kappa shape index (κ2) is 6.74. The van der Waals surface area contributed by atoms with Crippen LogP contribution in [0.3, 0.4) is 0 Å². The van der Waals surface area contributed by atoms with Crippen molar-refractivity contribution < 1.29 is 13.9 Å². The first kappa shape index (κ1) is 17.3. The fraction of sp³-hybridized carbons (Fsp3) is 0.444. The predicted molar refractivity (Wildman–Crippen MR) is 93.5 cm³/mol. The molecule has 1 atom stereocenters. The Kier molecular flexibility index (Phi) is 4.65. The summed E-state index contributed by atoms with van der Waals surface area (Å²) in [6.45, 7) is 6.38. The zero-order valence-electron chi connectivity index (χ0n) is 14.9. The molecule has 2 N–H and O–H groups in total. The lowest BCUT2D eigenvalue weighted by molar-refractivity contribution is 0.207. The van der Waals surface area contributed by atoms with Crippen molar-refractivity contribution in [3.05, 3.63) is 40.5 Å². The van der Waals surface area contributed by atoms with Crippen LogP contribution in [0.15, 0.2) is 12.1 Å². The van der Waals surface area contributed by atoms with Gasteiger partial charge in [-0.25, -0.2) is 9.18 Å². The Bertz CT molecular complexity index is 783. The van der Waals surface area contributed by atoms with Crippen molar-refractivity contribution >= 4 is 11.7 Å². The van der Waals surface area contributed by atoms with E-state index in [2.05, 4.69) is 15.5 Å². The number of hydrogen-bond acceptors (Lipinski definition) is 3. The Morgan fingerprint density at radius 2 is 2.16 bits per heavy atom. The number of ether oxygens (including phenoxy) is 1. The number of nitrogens with zero attached hydrogens (tertiary/aromatic N) is 2. The van der Waals surface area contributed by atoms with E-state index in [0.717, 1.165) is 35.4 Å². The molecule has 1 aromatic heterocycles. The summed E-state index contributed by atoms with van der Waals surface area (Å²) in [6, 6.07) is 2.64. The molecule has 3 rings (SSSR count). The first-order valence-electron chi connectivity index (χ1n) is 8.35. The smallest absolute Gasteiger partial charge is 0.322 e. The van der Waals surface area contributed by atoms with E-state index in [4.69, 9.17) is 4.74 Å². The summed E-state index contributed by atoms with van der Waals surface area (Å²) in [4.78, 5) is 14.6. The van der Waals surface area contributed by atoms with E-state index in [9.17, 15) is 9.18 Å². The van der Waals surface area contributed by atoms with Crippen molar-refractivity contribution in [3.63, 3.8) is 0 Å². The number of anilines is 1. The molecule has 25 heavy (non-hydrogen) atoms. The molecule has 0 saturated carbocycles. The van der Waals surface area contributed by atoms with Crippen LogP contribution < -0.4 is 10.1 Å². The van der Waals surface area contributed by atoms with Gasteiger partial charge in [0.05, 0.1) is 18.8 Å². The van der Waals surface area contributed by atoms with Crippen LogP contribution in [-0.4, -0.2) is 34.8 Å². The predicted octanol–water partition coefficient (Wildman–Crippen LogP) is 3.85. The third-order valence-corrected chi connectivity index (χ3v) is 4.77. The summed E-state index contributed by atoms with van der Waals surface area (Å²) in [7, 11) is 1.42. The molecular weight excluding hydrogens is 323 g/mol. The minimum atomic E-state index is -0.497. The number of aromatic amines is 1. The monoisotopic (exact) mass is 346 g/mol. The molecule has 1 saturated heterocycles. The minimum absolute atomic E-state index is 0.0119. The molecule has 6 nitrogen and oxygen atoms in total. The van der Waals surface area contributed by atoms with Gasteiger partial charge in [0, 0.05) is 29.6 Å². The number of methoxy groups -OCH3 is 1. The average molecular weight is 346 g/mol. The first-order chi connectivity index (χ1) is 11.9. The number of carbonyl (C=O) groups is 1. The molecule has 1 fully saturated rings. The van der Waals surface area contributed by atoms with E-state index in [1.54, 1.807) is 11.0 Å². The Balaban J connectivity index is 1.82. The van der Waals surface area contributed by atoms with Crippen molar-refractivity contribution in [1.82, 2.24) is 15.1 Å². The number of halogens is 1. The third-order valence-electron chi connectivity index (χ3n) is 4.77. The number of rotatable bonds is 3. The van der Waals surface area contributed by atoms with E-state index >= 15 is 0 Å². The van der Waals surface area contributed by atoms with Gasteiger partial charge in [0.1, 0.15) is 0 Å². The molecule has 2 aromatic rings. The summed E-state index contributed by atoms with van der Waals surface area (Å²) in [5, 5.41) is 10.1. The van der Waals surface area contributed by atoms with Crippen molar-refractivity contribution in [3.8, 4) is 5.75 Å². The molecule has 0 radical (unpaired) electrons. The van der Waals surface area contributed by atoms with Gasteiger partial charge in [0.25, 0.3) is 0 Å². The normalized spacial score (nSPS) is 17.0. The maximum atomic E-state index is 14.0. The molecule has 2 amide bonds. The highest BCUT2D eigenvalue weighted by atomic mass is 19.1. The van der Waals surface area contributed by atoms with Gasteiger partial charge in [-0.15, -0.1) is 0 Å². The molecule has 0 bridgehead atoms. The van der Waals surface area contributed by atoms with Gasteiger partial charge >= 0.3 is 6.03 Å². The molecule has 134 valence electrons. The SMILES string of the molecule is COc1cc(C)c(NC(=O)N2CCCC2c2c(C)n[nH]c2C)cc1F. The van der Waals surface area contributed by atoms with Crippen LogP contribution in [0.5, 0.6) is 5.75 Å². The van der Waals surface area contributed by atoms with Crippen molar-refractivity contribution in [1.29, 1.82) is 0 Å². The zero-order chi connectivity index (χ0) is 18.1. The topological polar surface area (TPSA) is 70.2 Å². The molecule has 2 heterocycles. The van der Waals surface area contributed by atoms with Crippen LogP contribution in [0, 0.1) is 26.6 Å². The second-order valence-corrected chi connectivity index (χ2v) is 6.43. The lowest BCUT2D eigenvalue weighted by atomic mass is 10.0. The standard InChI is InChI=1S/C18H23FN4O2/c1-10-8-16(25-4)13(19)9-14(10)20-18(24)23-7-5-6-15(23)17-11(2)21-22-12(17)3/h8-9,15H,5-7H2,1-4H3,(H,20,24)(H,21,22). The lowest BCUT2D eigenvalue weighted by Crippen LogP contribution is -2.35. The Morgan fingerprint density at radius 3 is 2.80 bits per heavy atom. The van der Waals surface area contributed by atoms with Crippen LogP contribution in [0.1, 0.15) is 41.4 Å². The number of benzene rings is 1. The number of carbonyl (C=O) groups excluding carboxylic acids is 1. The number of H-pyrrole nitrogens is 1. The highest BCUT2D eigenvalue weighted by molar-refractivity contribution is 5.90. The minimum Gasteiger partial charge on any atom is -0.494 e. The maximum absolute atomic E-state index is 14.0. The first-order valence-corrected chi connectivity index (χ1v) is 8.35. The van der Waals surface area contributed by atoms with Crippen LogP contribution in [0.25, 0.3) is 0 Å². The van der Waals surface area contributed by atoms with Crippen LogP contribution >= 0.6 is 0 Å². The summed E-state index contributed by atoms with van der Waals surface area (Å²) < 4.78 is 18.9. The van der Waals surface area contributed by atoms with Gasteiger partial charge in [0.2, 0.25) is 0 Å². The summed E-state index contributed by atoms with van der Waals surface area (Å²) in [5.41, 5.74) is 4.17. The number of aryl methyl sites for hydroxylation is 3. The summed E-state index contributed by atoms with van der Waals surface area (Å²) >= 11 is 0. The average Bonchev–Trinajstić information content (AvgIpc) is 3.17. The maximum Gasteiger partial charge on any atom is 0.322 e. The molecule has 1 aromatic carbocycles. The molecule has 7 heteroatoms. The zero-order valence-corrected chi connectivity index (χ0v) is 14.9. The highest BCUT2D eigenvalue weighted by Gasteiger charge is 2.33. The van der Waals surface area contributed by atoms with Crippen LogP contribution in [0.2, 0.25) is 0 Å². The fourth-order valence-corrected chi connectivity index (χ4v) is 3.49. The number of hydrogen-bond donors (Lipinski definition) is 2. The van der Waals surface area contributed by atoms with Gasteiger partial charge in [-0.1, -0.05) is 0 Å². The summed E-state index contributed by atoms with van der Waals surface area (Å²) in [5.74, 6) is -0.331. The van der Waals surface area contributed by atoms with Gasteiger partial charge in [-0.3, -0.25) is 5.10 Å². The van der Waals surface area contributed by atoms with Gasteiger partial charge in [-0.2, -0.15) is 5.10 Å². The van der Waals surface area contributed by atoms with E-state index in [1.807, 2.05) is 20.8 Å². The Hall–Kier alpha value is -2.57. The Labute approximate surface area is 146 Å². The molecule has 1 unspecified atom stereocenters. The summed E-state index contributed by atoms with van der Waals surface area (Å²) in [6.07, 6.45) is 1.82. The number of amides is 2. The molecule has 0 spiro atoms. The fourth-order valence-electron chi connectivity index (χ4n) is 3.49. The third kappa shape index (κ3) is 3.18. The lowest BCUT2D eigenvalue weighted by Gasteiger charge is -2.26. The largest absolute Gasteiger partial charge is 0.494 e. The molecule has 1 aliphatic rings. The van der Waals surface area contributed by atoms with E-state index in [-0.39, 0.29) is 17.8 Å². The van der Waals surface area contributed by atoms with Crippen molar-refractivity contribution in [2.45, 2.75) is 39.7 Å². The molecule has 1 aliphatic heterocycles. The Morgan fingerprint density at radius 1 is 1.40 bits per heavy atom. The highest BCUT2D eigenvalue weighted by Crippen LogP contribution is 2.35. The quantitative estimate of drug-likeness (QED) is 0.887. The number of aromatic nitrogens is 2. The van der Waals surface area contributed by atoms with Crippen molar-refractivity contribution in [2.75, 3.05) is 19.0 Å². The molecular formula is C18H23FN4O2. The number of nitrogens with one attached hydrogen (secondary N) is 2. The van der Waals surface area contributed by atoms with Gasteiger partial charge in [-0.05, 0) is 45.2 Å². The van der Waals surface area contributed by atoms with E-state index < -0.39 is 5.82 Å². The number of likely N-dealkylation sites (tertiary alicyclic amines) is 1. The van der Waals surface area contributed by atoms with Crippen LogP contribution in [-0.2, 0) is 0 Å². The van der Waals surface area contributed by atoms with Crippen molar-refractivity contribution in [2.24, 2.45) is 0 Å². The number of urea groups is 1. The van der Waals surface area contributed by atoms with E-state index in [0.29, 0.717) is 12.2 Å². The second-order valence-electron chi connectivity index (χ2n) is 6.43.